The summed E-state index contributed by atoms with van der Waals surface area (Å²) >= 11 is 1.18. The largest absolute Gasteiger partial charge is 0.270 e. The molecule has 3 aromatic rings. The van der Waals surface area contributed by atoms with Crippen LogP contribution in [0.5, 0.6) is 0 Å². The number of benzene rings is 2. The lowest BCUT2D eigenvalue weighted by atomic mass is 10.2. The number of sulfonamides is 1. The molecule has 0 fully saturated rings. The maximum Gasteiger partial charge on any atom is 0.270 e. The van der Waals surface area contributed by atoms with Crippen molar-refractivity contribution in [3.05, 3.63) is 75.8 Å². The van der Waals surface area contributed by atoms with Crippen LogP contribution in [0.3, 0.4) is 0 Å². The highest BCUT2D eigenvalue weighted by atomic mass is 32.2. The molecule has 0 saturated carbocycles. The van der Waals surface area contributed by atoms with E-state index in [-0.39, 0.29) is 15.7 Å². The summed E-state index contributed by atoms with van der Waals surface area (Å²) in [5, 5.41) is 12.7. The van der Waals surface area contributed by atoms with E-state index in [0.717, 1.165) is 0 Å². The minimum absolute atomic E-state index is 0.0244. The molecule has 1 N–H and O–H groups in total. The molecule has 0 aliphatic carbocycles. The predicted molar refractivity (Wildman–Crippen MR) is 99.7 cm³/mol. The second-order valence-electron chi connectivity index (χ2n) is 5.05. The minimum Gasteiger partial charge on any atom is -0.258 e. The van der Waals surface area contributed by atoms with Crippen LogP contribution in [-0.2, 0) is 10.0 Å². The average molecular weight is 388 g/mol. The second-order valence-corrected chi connectivity index (χ2v) is 7.62. The topological polar surface area (TPSA) is 115 Å². The summed E-state index contributed by atoms with van der Waals surface area (Å²) in [4.78, 5) is 18.5. The smallest absolute Gasteiger partial charge is 0.258 e. The van der Waals surface area contributed by atoms with Gasteiger partial charge < -0.3 is 0 Å². The summed E-state index contributed by atoms with van der Waals surface area (Å²) in [5.41, 5.74) is 1.06. The molecule has 0 aliphatic heterocycles. The van der Waals surface area contributed by atoms with E-state index in [1.807, 2.05) is 0 Å². The molecule has 0 saturated heterocycles. The van der Waals surface area contributed by atoms with Gasteiger partial charge >= 0.3 is 0 Å². The monoisotopic (exact) mass is 388 g/mol. The number of nitro groups is 1. The van der Waals surface area contributed by atoms with Crippen LogP contribution >= 0.6 is 11.3 Å². The van der Waals surface area contributed by atoms with Crippen LogP contribution in [0.4, 0.5) is 16.5 Å². The molecule has 1 heterocycles. The molecule has 0 unspecified atom stereocenters. The van der Waals surface area contributed by atoms with Crippen LogP contribution in [-0.4, -0.2) is 24.5 Å². The molecule has 26 heavy (non-hydrogen) atoms. The van der Waals surface area contributed by atoms with E-state index in [1.165, 1.54) is 48.0 Å². The van der Waals surface area contributed by atoms with Gasteiger partial charge in [0.1, 0.15) is 0 Å². The quantitative estimate of drug-likeness (QED) is 0.393. The summed E-state index contributed by atoms with van der Waals surface area (Å²) in [7, 11) is -3.71. The third-order valence-electron chi connectivity index (χ3n) is 3.24. The van der Waals surface area contributed by atoms with Crippen molar-refractivity contribution in [2.45, 2.75) is 4.90 Å². The molecule has 0 radical (unpaired) electrons. The van der Waals surface area contributed by atoms with Gasteiger partial charge in [0.2, 0.25) is 0 Å². The fraction of sp³-hybridized carbons (Fsp3) is 0. The van der Waals surface area contributed by atoms with Gasteiger partial charge in [-0.25, -0.2) is 13.4 Å². The van der Waals surface area contributed by atoms with Crippen molar-refractivity contribution in [2.75, 3.05) is 4.72 Å². The number of rotatable bonds is 6. The van der Waals surface area contributed by atoms with Crippen LogP contribution in [0.15, 0.2) is 70.0 Å². The van der Waals surface area contributed by atoms with Crippen molar-refractivity contribution in [1.82, 2.24) is 4.98 Å². The molecule has 3 rings (SSSR count). The fourth-order valence-corrected chi connectivity index (χ4v) is 3.82. The van der Waals surface area contributed by atoms with Gasteiger partial charge in [-0.2, -0.15) is 0 Å². The van der Waals surface area contributed by atoms with Gasteiger partial charge in [-0.05, 0) is 29.8 Å². The highest BCUT2D eigenvalue weighted by molar-refractivity contribution is 7.93. The second kappa shape index (κ2) is 7.42. The Labute approximate surface area is 153 Å². The summed E-state index contributed by atoms with van der Waals surface area (Å²) in [6, 6.07) is 12.0. The summed E-state index contributed by atoms with van der Waals surface area (Å²) in [6.07, 6.45) is 2.98. The predicted octanol–water partition coefficient (Wildman–Crippen LogP) is 3.60. The number of aromatic nitrogens is 1. The lowest BCUT2D eigenvalue weighted by molar-refractivity contribution is -0.384. The average Bonchev–Trinajstić information content (AvgIpc) is 3.13. The van der Waals surface area contributed by atoms with E-state index in [9.17, 15) is 18.5 Å². The van der Waals surface area contributed by atoms with Crippen LogP contribution in [0.25, 0.3) is 0 Å². The number of nitrogens with zero attached hydrogens (tertiary/aromatic N) is 3. The molecule has 0 amide bonds. The Morgan fingerprint density at radius 3 is 2.62 bits per heavy atom. The molecule has 10 heteroatoms. The number of non-ortho nitro benzene ring substituents is 1. The van der Waals surface area contributed by atoms with E-state index in [1.54, 1.807) is 29.6 Å². The minimum atomic E-state index is -3.71. The van der Waals surface area contributed by atoms with Crippen LogP contribution in [0.2, 0.25) is 0 Å². The Morgan fingerprint density at radius 2 is 1.96 bits per heavy atom. The Kier molecular flexibility index (Phi) is 5.05. The maximum atomic E-state index is 12.2. The van der Waals surface area contributed by atoms with Gasteiger partial charge in [0.05, 0.1) is 15.5 Å². The molecule has 0 aliphatic rings. The molecule has 2 aromatic carbocycles. The van der Waals surface area contributed by atoms with Gasteiger partial charge in [0.25, 0.3) is 15.7 Å². The van der Waals surface area contributed by atoms with Crippen LogP contribution in [0, 0.1) is 10.1 Å². The van der Waals surface area contributed by atoms with Crippen molar-refractivity contribution in [3.8, 4) is 0 Å². The fourth-order valence-electron chi connectivity index (χ4n) is 2.03. The van der Waals surface area contributed by atoms with Gasteiger partial charge in [0.15, 0.2) is 5.13 Å². The summed E-state index contributed by atoms with van der Waals surface area (Å²) in [6.45, 7) is 0. The Balaban J connectivity index is 1.75. The summed E-state index contributed by atoms with van der Waals surface area (Å²) < 4.78 is 26.9. The van der Waals surface area contributed by atoms with Crippen molar-refractivity contribution in [1.29, 1.82) is 0 Å². The number of hydrogen-bond acceptors (Lipinski definition) is 7. The number of thiazole rings is 1. The lowest BCUT2D eigenvalue weighted by Crippen LogP contribution is -2.12. The van der Waals surface area contributed by atoms with E-state index < -0.39 is 14.9 Å². The number of hydrogen-bond donors (Lipinski definition) is 1. The zero-order valence-electron chi connectivity index (χ0n) is 13.1. The first-order valence-corrected chi connectivity index (χ1v) is 9.61. The number of anilines is 1. The molecule has 1 aromatic heterocycles. The lowest BCUT2D eigenvalue weighted by Gasteiger charge is -2.05. The molecule has 0 bridgehead atoms. The highest BCUT2D eigenvalue weighted by Gasteiger charge is 2.15. The molecular weight excluding hydrogens is 376 g/mol. The Hall–Kier alpha value is -3.11. The first kappa shape index (κ1) is 17.7. The maximum absolute atomic E-state index is 12.2. The van der Waals surface area contributed by atoms with Crippen LogP contribution in [0.1, 0.15) is 5.56 Å². The van der Waals surface area contributed by atoms with Crippen molar-refractivity contribution in [2.24, 2.45) is 4.99 Å². The normalized spacial score (nSPS) is 11.5. The Morgan fingerprint density at radius 1 is 1.19 bits per heavy atom. The van der Waals surface area contributed by atoms with E-state index in [0.29, 0.717) is 11.3 Å². The number of aliphatic imine (C=N–C) groups is 1. The molecule has 0 spiro atoms. The van der Waals surface area contributed by atoms with Crippen molar-refractivity contribution >= 4 is 44.1 Å². The molecule has 8 nitrogen and oxygen atoms in total. The number of nitrogens with one attached hydrogen (secondary N) is 1. The van der Waals surface area contributed by atoms with Gasteiger partial charge in [-0.3, -0.25) is 19.8 Å². The van der Waals surface area contributed by atoms with E-state index in [4.69, 9.17) is 0 Å². The van der Waals surface area contributed by atoms with Gasteiger partial charge in [0, 0.05) is 29.9 Å². The van der Waals surface area contributed by atoms with Crippen LogP contribution < -0.4 is 4.72 Å². The molecule has 132 valence electrons. The van der Waals surface area contributed by atoms with Crippen molar-refractivity contribution in [3.63, 3.8) is 0 Å². The Bertz CT molecular complexity index is 1050. The molecular formula is C16H12N4O4S2. The zero-order chi connectivity index (χ0) is 18.6. The third kappa shape index (κ3) is 4.29. The van der Waals surface area contributed by atoms with E-state index >= 15 is 0 Å². The molecule has 0 atom stereocenters. The highest BCUT2D eigenvalue weighted by Crippen LogP contribution is 2.21. The first-order chi connectivity index (χ1) is 12.4. The van der Waals surface area contributed by atoms with Gasteiger partial charge in [-0.15, -0.1) is 11.3 Å². The standard InChI is InChI=1S/C16H12N4O4S2/c21-20(22)14-3-1-2-12(10-14)11-18-13-4-6-15(7-5-13)26(23,24)19-16-17-8-9-25-16/h1-11H,(H,17,19). The van der Waals surface area contributed by atoms with Gasteiger partial charge in [-0.1, -0.05) is 12.1 Å². The third-order valence-corrected chi connectivity index (χ3v) is 5.42. The summed E-state index contributed by atoms with van der Waals surface area (Å²) in [5.74, 6) is 0. The van der Waals surface area contributed by atoms with E-state index in [2.05, 4.69) is 14.7 Å². The van der Waals surface area contributed by atoms with Crippen molar-refractivity contribution < 1.29 is 13.3 Å². The first-order valence-electron chi connectivity index (χ1n) is 7.25. The number of nitro benzene ring substituents is 1. The SMILES string of the molecule is O=[N+]([O-])c1cccc(C=Nc2ccc(S(=O)(=O)Nc3nccs3)cc2)c1. The zero-order valence-corrected chi connectivity index (χ0v) is 14.8.